The number of ether oxygens (including phenoxy) is 1. The normalized spacial score (nSPS) is 16.0. The molecule has 0 radical (unpaired) electrons. The fourth-order valence-corrected chi connectivity index (χ4v) is 3.18. The second-order valence-electron chi connectivity index (χ2n) is 5.69. The zero-order valence-corrected chi connectivity index (χ0v) is 12.8. The van der Waals surface area contributed by atoms with E-state index in [0.717, 1.165) is 48.3 Å². The first-order valence-corrected chi connectivity index (χ1v) is 7.64. The molecule has 1 fully saturated rings. The first-order valence-electron chi connectivity index (χ1n) is 7.64. The number of carbonyl (C=O) groups is 1. The maximum absolute atomic E-state index is 12.8. The van der Waals surface area contributed by atoms with Crippen LogP contribution in [0.5, 0.6) is 5.75 Å². The molecular weight excluding hydrogens is 264 g/mol. The van der Waals surface area contributed by atoms with Crippen LogP contribution in [0.15, 0.2) is 24.3 Å². The van der Waals surface area contributed by atoms with Crippen molar-refractivity contribution in [3.8, 4) is 5.75 Å². The molecule has 0 spiro atoms. The van der Waals surface area contributed by atoms with Crippen LogP contribution in [-0.4, -0.2) is 35.6 Å². The topological polar surface area (TPSA) is 34.5 Å². The quantitative estimate of drug-likeness (QED) is 0.849. The highest BCUT2D eigenvalue weighted by Gasteiger charge is 2.21. The van der Waals surface area contributed by atoms with E-state index in [9.17, 15) is 4.79 Å². The van der Waals surface area contributed by atoms with Crippen molar-refractivity contribution in [2.24, 2.45) is 7.05 Å². The summed E-state index contributed by atoms with van der Waals surface area (Å²) in [6, 6.07) is 7.89. The van der Waals surface area contributed by atoms with E-state index in [1.165, 1.54) is 12.8 Å². The highest BCUT2D eigenvalue weighted by Crippen LogP contribution is 2.28. The smallest absolute Gasteiger partial charge is 0.270 e. The molecule has 0 atom stereocenters. The van der Waals surface area contributed by atoms with E-state index in [0.29, 0.717) is 0 Å². The molecular formula is C17H22N2O2. The number of nitrogens with zero attached hydrogens (tertiary/aromatic N) is 2. The van der Waals surface area contributed by atoms with Crippen LogP contribution in [0.4, 0.5) is 0 Å². The minimum absolute atomic E-state index is 0.137. The van der Waals surface area contributed by atoms with E-state index in [-0.39, 0.29) is 5.91 Å². The second kappa shape index (κ2) is 5.80. The molecule has 1 aliphatic rings. The Labute approximate surface area is 125 Å². The third kappa shape index (κ3) is 2.50. The summed E-state index contributed by atoms with van der Waals surface area (Å²) >= 11 is 0. The number of methoxy groups -OCH3 is 1. The number of likely N-dealkylation sites (tertiary alicyclic amines) is 1. The fourth-order valence-electron chi connectivity index (χ4n) is 3.18. The van der Waals surface area contributed by atoms with E-state index >= 15 is 0 Å². The Bertz CT molecular complexity index is 652. The number of fused-ring (bicyclic) bond motifs is 1. The summed E-state index contributed by atoms with van der Waals surface area (Å²) < 4.78 is 7.38. The van der Waals surface area contributed by atoms with Gasteiger partial charge < -0.3 is 14.2 Å². The number of aryl methyl sites for hydroxylation is 1. The van der Waals surface area contributed by atoms with Gasteiger partial charge in [-0.25, -0.2) is 0 Å². The molecule has 1 aromatic carbocycles. The molecule has 0 bridgehead atoms. The fraction of sp³-hybridized carbons (Fsp3) is 0.471. The van der Waals surface area contributed by atoms with Crippen LogP contribution < -0.4 is 4.74 Å². The lowest BCUT2D eigenvalue weighted by Gasteiger charge is -2.20. The van der Waals surface area contributed by atoms with Gasteiger partial charge in [-0.3, -0.25) is 4.79 Å². The van der Waals surface area contributed by atoms with Gasteiger partial charge in [-0.2, -0.15) is 0 Å². The van der Waals surface area contributed by atoms with Crippen LogP contribution in [0.3, 0.4) is 0 Å². The van der Waals surface area contributed by atoms with Crippen molar-refractivity contribution >= 4 is 16.8 Å². The number of hydrogen-bond donors (Lipinski definition) is 0. The van der Waals surface area contributed by atoms with Crippen LogP contribution in [0.2, 0.25) is 0 Å². The molecule has 0 N–H and O–H groups in total. The van der Waals surface area contributed by atoms with Crippen LogP contribution in [0.25, 0.3) is 10.9 Å². The van der Waals surface area contributed by atoms with Gasteiger partial charge in [0, 0.05) is 25.5 Å². The molecule has 3 rings (SSSR count). The molecule has 112 valence electrons. The van der Waals surface area contributed by atoms with E-state index in [1.807, 2.05) is 40.8 Å². The van der Waals surface area contributed by atoms with Crippen molar-refractivity contribution in [2.75, 3.05) is 20.2 Å². The van der Waals surface area contributed by atoms with Crippen molar-refractivity contribution in [3.63, 3.8) is 0 Å². The molecule has 0 unspecified atom stereocenters. The van der Waals surface area contributed by atoms with Gasteiger partial charge in [0.2, 0.25) is 0 Å². The minimum Gasteiger partial charge on any atom is -0.495 e. The maximum Gasteiger partial charge on any atom is 0.270 e. The molecule has 21 heavy (non-hydrogen) atoms. The molecule has 1 aromatic heterocycles. The summed E-state index contributed by atoms with van der Waals surface area (Å²) in [5.74, 6) is 0.947. The van der Waals surface area contributed by atoms with Crippen molar-refractivity contribution in [1.82, 2.24) is 9.47 Å². The Morgan fingerprint density at radius 3 is 2.52 bits per heavy atom. The van der Waals surface area contributed by atoms with Crippen molar-refractivity contribution in [2.45, 2.75) is 25.7 Å². The van der Waals surface area contributed by atoms with Crippen molar-refractivity contribution < 1.29 is 9.53 Å². The van der Waals surface area contributed by atoms with Crippen LogP contribution in [0.1, 0.15) is 36.2 Å². The SMILES string of the molecule is COc1cccc2cc(C(=O)N3CCCCCC3)n(C)c12. The summed E-state index contributed by atoms with van der Waals surface area (Å²) in [6.45, 7) is 1.75. The Kier molecular flexibility index (Phi) is 3.86. The van der Waals surface area contributed by atoms with E-state index in [1.54, 1.807) is 7.11 Å². The van der Waals surface area contributed by atoms with E-state index < -0.39 is 0 Å². The zero-order valence-electron chi connectivity index (χ0n) is 12.8. The first kappa shape index (κ1) is 14.0. The van der Waals surface area contributed by atoms with Gasteiger partial charge in [0.05, 0.1) is 12.6 Å². The van der Waals surface area contributed by atoms with Gasteiger partial charge in [-0.1, -0.05) is 25.0 Å². The molecule has 0 saturated carbocycles. The first-order chi connectivity index (χ1) is 10.2. The molecule has 2 heterocycles. The molecule has 0 aliphatic carbocycles. The Morgan fingerprint density at radius 1 is 1.14 bits per heavy atom. The second-order valence-corrected chi connectivity index (χ2v) is 5.69. The number of aromatic nitrogens is 1. The van der Waals surface area contributed by atoms with E-state index in [2.05, 4.69) is 0 Å². The number of hydrogen-bond acceptors (Lipinski definition) is 2. The third-order valence-electron chi connectivity index (χ3n) is 4.35. The van der Waals surface area contributed by atoms with Gasteiger partial charge in [-0.15, -0.1) is 0 Å². The van der Waals surface area contributed by atoms with Gasteiger partial charge >= 0.3 is 0 Å². The zero-order chi connectivity index (χ0) is 14.8. The predicted molar refractivity (Wildman–Crippen MR) is 83.8 cm³/mol. The molecule has 1 aliphatic heterocycles. The highest BCUT2D eigenvalue weighted by atomic mass is 16.5. The predicted octanol–water partition coefficient (Wildman–Crippen LogP) is 3.20. The van der Waals surface area contributed by atoms with Crippen LogP contribution in [0, 0.1) is 0 Å². The molecule has 1 saturated heterocycles. The van der Waals surface area contributed by atoms with Crippen LogP contribution in [-0.2, 0) is 7.05 Å². The lowest BCUT2D eigenvalue weighted by atomic mass is 10.2. The number of carbonyl (C=O) groups excluding carboxylic acids is 1. The van der Waals surface area contributed by atoms with Crippen molar-refractivity contribution in [1.29, 1.82) is 0 Å². The number of para-hydroxylation sites is 1. The monoisotopic (exact) mass is 286 g/mol. The standard InChI is InChI=1S/C17H22N2O2/c1-18-14(17(20)19-10-5-3-4-6-11-19)12-13-8-7-9-15(21-2)16(13)18/h7-9,12H,3-6,10-11H2,1-2H3. The summed E-state index contributed by atoms with van der Waals surface area (Å²) in [5.41, 5.74) is 1.73. The minimum atomic E-state index is 0.137. The van der Waals surface area contributed by atoms with E-state index in [4.69, 9.17) is 4.74 Å². The van der Waals surface area contributed by atoms with Gasteiger partial charge in [0.15, 0.2) is 0 Å². The Hall–Kier alpha value is -1.97. The largest absolute Gasteiger partial charge is 0.495 e. The summed E-state index contributed by atoms with van der Waals surface area (Å²) in [6.07, 6.45) is 4.68. The molecule has 4 heteroatoms. The summed E-state index contributed by atoms with van der Waals surface area (Å²) in [4.78, 5) is 14.8. The number of benzene rings is 1. The average Bonchev–Trinajstić information content (AvgIpc) is 2.70. The van der Waals surface area contributed by atoms with Gasteiger partial charge in [0.1, 0.15) is 11.4 Å². The summed E-state index contributed by atoms with van der Waals surface area (Å²) in [7, 11) is 3.61. The maximum atomic E-state index is 12.8. The average molecular weight is 286 g/mol. The lowest BCUT2D eigenvalue weighted by Crippen LogP contribution is -2.33. The third-order valence-corrected chi connectivity index (χ3v) is 4.35. The Balaban J connectivity index is 2.00. The molecule has 2 aromatic rings. The van der Waals surface area contributed by atoms with Gasteiger partial charge in [-0.05, 0) is 25.0 Å². The Morgan fingerprint density at radius 2 is 1.86 bits per heavy atom. The van der Waals surface area contributed by atoms with Crippen LogP contribution >= 0.6 is 0 Å². The highest BCUT2D eigenvalue weighted by molar-refractivity contribution is 6.00. The van der Waals surface area contributed by atoms with Gasteiger partial charge in [0.25, 0.3) is 5.91 Å². The molecule has 4 nitrogen and oxygen atoms in total. The molecule has 1 amide bonds. The van der Waals surface area contributed by atoms with Crippen molar-refractivity contribution in [3.05, 3.63) is 30.0 Å². The summed E-state index contributed by atoms with van der Waals surface area (Å²) in [5, 5.41) is 1.05. The number of amides is 1. The lowest BCUT2D eigenvalue weighted by molar-refractivity contribution is 0.0752. The number of rotatable bonds is 2.